The molecule has 0 radical (unpaired) electrons. The van der Waals surface area contributed by atoms with Crippen LogP contribution in [0, 0.1) is 0 Å². The van der Waals surface area contributed by atoms with Gasteiger partial charge in [0.25, 0.3) is 0 Å². The maximum Gasteiger partial charge on any atom is 0.156 e. The summed E-state index contributed by atoms with van der Waals surface area (Å²) in [6, 6.07) is 0. The molecule has 0 amide bonds. The van der Waals surface area contributed by atoms with Gasteiger partial charge in [-0.1, -0.05) is 0 Å². The van der Waals surface area contributed by atoms with E-state index in [1.165, 1.54) is 6.34 Å². The number of anilines is 1. The molecule has 1 aromatic rings. The van der Waals surface area contributed by atoms with Gasteiger partial charge in [0.1, 0.15) is 11.9 Å². The number of aliphatic imine (C=N–C) groups is 1. The molecule has 0 bridgehead atoms. The summed E-state index contributed by atoms with van der Waals surface area (Å²) in [4.78, 5) is 12.0. The Morgan fingerprint density at radius 3 is 3.00 bits per heavy atom. The van der Waals surface area contributed by atoms with Gasteiger partial charge in [0.05, 0.1) is 6.34 Å². The second-order valence-electron chi connectivity index (χ2n) is 2.16. The molecule has 0 aliphatic carbocycles. The summed E-state index contributed by atoms with van der Waals surface area (Å²) in [6.45, 7) is 0. The van der Waals surface area contributed by atoms with E-state index in [9.17, 15) is 0 Å². The fourth-order valence-corrected chi connectivity index (χ4v) is 0.926. The number of fused-ring (bicyclic) bond motifs is 1. The van der Waals surface area contributed by atoms with Gasteiger partial charge in [-0.05, 0) is 0 Å². The molecule has 5 nitrogen and oxygen atoms in total. The van der Waals surface area contributed by atoms with E-state index in [-0.39, 0.29) is 6.17 Å². The standard InChI is InChI=1S/C6H7N5/c7-5-4-6(11-3-10-5)9-2-1-8-4/h1-3,5H,7H2,(H,9,10,11). The monoisotopic (exact) mass is 149 g/mol. The van der Waals surface area contributed by atoms with Crippen molar-refractivity contribution in [1.29, 1.82) is 0 Å². The van der Waals surface area contributed by atoms with Crippen LogP contribution in [0.3, 0.4) is 0 Å². The minimum atomic E-state index is -0.375. The highest BCUT2D eigenvalue weighted by atomic mass is 15.1. The Morgan fingerprint density at radius 1 is 1.36 bits per heavy atom. The number of hydrogen-bond donors (Lipinski definition) is 2. The van der Waals surface area contributed by atoms with E-state index in [0.29, 0.717) is 11.5 Å². The summed E-state index contributed by atoms with van der Waals surface area (Å²) in [5.74, 6) is 0.690. The predicted octanol–water partition coefficient (Wildman–Crippen LogP) is -0.112. The van der Waals surface area contributed by atoms with Crippen LogP contribution in [0.2, 0.25) is 0 Å². The molecule has 0 fully saturated rings. The van der Waals surface area contributed by atoms with Crippen molar-refractivity contribution >= 4 is 12.2 Å². The second kappa shape index (κ2) is 2.28. The highest BCUT2D eigenvalue weighted by molar-refractivity contribution is 5.77. The lowest BCUT2D eigenvalue weighted by atomic mass is 10.3. The molecule has 2 rings (SSSR count). The molecule has 1 aliphatic heterocycles. The Hall–Kier alpha value is -1.49. The minimum absolute atomic E-state index is 0.375. The molecule has 1 aromatic heterocycles. The van der Waals surface area contributed by atoms with Crippen molar-refractivity contribution in [2.75, 3.05) is 5.32 Å². The van der Waals surface area contributed by atoms with Crippen LogP contribution in [0.15, 0.2) is 17.4 Å². The van der Waals surface area contributed by atoms with Crippen molar-refractivity contribution in [2.24, 2.45) is 10.7 Å². The minimum Gasteiger partial charge on any atom is -0.330 e. The Morgan fingerprint density at radius 2 is 2.18 bits per heavy atom. The van der Waals surface area contributed by atoms with Crippen molar-refractivity contribution in [3.63, 3.8) is 0 Å². The van der Waals surface area contributed by atoms with Crippen LogP contribution in [-0.4, -0.2) is 16.3 Å². The average Bonchev–Trinajstić information content (AvgIpc) is 2.06. The summed E-state index contributed by atoms with van der Waals surface area (Å²) < 4.78 is 0. The molecule has 0 aromatic carbocycles. The lowest BCUT2D eigenvalue weighted by Gasteiger charge is -2.13. The first-order valence-electron chi connectivity index (χ1n) is 3.22. The van der Waals surface area contributed by atoms with E-state index in [1.807, 2.05) is 0 Å². The molecule has 1 aliphatic rings. The zero-order valence-electron chi connectivity index (χ0n) is 5.73. The molecular formula is C6H7N5. The topological polar surface area (TPSA) is 76.2 Å². The van der Waals surface area contributed by atoms with Gasteiger partial charge in [-0.25, -0.2) is 4.98 Å². The molecule has 0 saturated heterocycles. The number of aromatic nitrogens is 2. The zero-order valence-corrected chi connectivity index (χ0v) is 5.73. The van der Waals surface area contributed by atoms with Crippen molar-refractivity contribution in [3.05, 3.63) is 18.1 Å². The molecule has 11 heavy (non-hydrogen) atoms. The van der Waals surface area contributed by atoms with Crippen LogP contribution in [0.25, 0.3) is 0 Å². The number of nitrogens with zero attached hydrogens (tertiary/aromatic N) is 3. The molecule has 0 spiro atoms. The number of rotatable bonds is 0. The number of nitrogens with two attached hydrogens (primary N) is 1. The van der Waals surface area contributed by atoms with Crippen LogP contribution in [-0.2, 0) is 0 Å². The van der Waals surface area contributed by atoms with Crippen molar-refractivity contribution in [1.82, 2.24) is 9.97 Å². The van der Waals surface area contributed by atoms with Gasteiger partial charge in [-0.2, -0.15) is 0 Å². The summed E-state index contributed by atoms with van der Waals surface area (Å²) in [5.41, 5.74) is 6.30. The highest BCUT2D eigenvalue weighted by Crippen LogP contribution is 2.18. The van der Waals surface area contributed by atoms with Crippen LogP contribution in [0.4, 0.5) is 5.82 Å². The Balaban J connectivity index is 2.50. The van der Waals surface area contributed by atoms with Crippen molar-refractivity contribution < 1.29 is 0 Å². The molecule has 5 heteroatoms. The van der Waals surface area contributed by atoms with Crippen LogP contribution in [0.5, 0.6) is 0 Å². The van der Waals surface area contributed by atoms with Gasteiger partial charge in [0.2, 0.25) is 0 Å². The smallest absolute Gasteiger partial charge is 0.156 e. The molecule has 56 valence electrons. The summed E-state index contributed by atoms with van der Waals surface area (Å²) >= 11 is 0. The first-order valence-corrected chi connectivity index (χ1v) is 3.22. The van der Waals surface area contributed by atoms with E-state index < -0.39 is 0 Å². The Labute approximate surface area is 63.4 Å². The van der Waals surface area contributed by atoms with Gasteiger partial charge in [-0.3, -0.25) is 9.98 Å². The Kier molecular flexibility index (Phi) is 1.29. The first-order chi connectivity index (χ1) is 5.38. The third-order valence-corrected chi connectivity index (χ3v) is 1.44. The molecule has 1 atom stereocenters. The molecular weight excluding hydrogens is 142 g/mol. The lowest BCUT2D eigenvalue weighted by Crippen LogP contribution is -2.18. The lowest BCUT2D eigenvalue weighted by molar-refractivity contribution is 0.736. The third-order valence-electron chi connectivity index (χ3n) is 1.44. The van der Waals surface area contributed by atoms with Crippen molar-refractivity contribution in [3.8, 4) is 0 Å². The maximum absolute atomic E-state index is 5.61. The predicted molar refractivity (Wildman–Crippen MR) is 41.1 cm³/mol. The summed E-state index contributed by atoms with van der Waals surface area (Å²) in [5, 5.41) is 2.85. The first kappa shape index (κ1) is 6.23. The zero-order chi connectivity index (χ0) is 7.68. The van der Waals surface area contributed by atoms with E-state index in [4.69, 9.17) is 5.73 Å². The normalized spacial score (nSPS) is 20.6. The number of nitrogens with one attached hydrogen (secondary N) is 1. The molecule has 3 N–H and O–H groups in total. The second-order valence-corrected chi connectivity index (χ2v) is 2.16. The van der Waals surface area contributed by atoms with E-state index in [0.717, 1.165) is 0 Å². The maximum atomic E-state index is 5.61. The van der Waals surface area contributed by atoms with Crippen LogP contribution in [0.1, 0.15) is 11.9 Å². The molecule has 2 heterocycles. The SMILES string of the molecule is NC1N=CNc2nccnc21. The van der Waals surface area contributed by atoms with Gasteiger partial charge in [0.15, 0.2) is 5.82 Å². The summed E-state index contributed by atoms with van der Waals surface area (Å²) in [7, 11) is 0. The van der Waals surface area contributed by atoms with Crippen molar-refractivity contribution in [2.45, 2.75) is 6.17 Å². The molecule has 1 unspecified atom stereocenters. The van der Waals surface area contributed by atoms with Crippen LogP contribution < -0.4 is 11.1 Å². The van der Waals surface area contributed by atoms with E-state index >= 15 is 0 Å². The third kappa shape index (κ3) is 0.947. The average molecular weight is 149 g/mol. The number of hydrogen-bond acceptors (Lipinski definition) is 5. The molecule has 0 saturated carbocycles. The fourth-order valence-electron chi connectivity index (χ4n) is 0.926. The quantitative estimate of drug-likeness (QED) is 0.539. The van der Waals surface area contributed by atoms with Gasteiger partial charge in [0, 0.05) is 12.4 Å². The largest absolute Gasteiger partial charge is 0.330 e. The van der Waals surface area contributed by atoms with E-state index in [2.05, 4.69) is 20.3 Å². The van der Waals surface area contributed by atoms with Gasteiger partial charge < -0.3 is 11.1 Å². The van der Waals surface area contributed by atoms with E-state index in [1.54, 1.807) is 12.4 Å². The van der Waals surface area contributed by atoms with Crippen LogP contribution >= 0.6 is 0 Å². The highest BCUT2D eigenvalue weighted by Gasteiger charge is 2.14. The van der Waals surface area contributed by atoms with Gasteiger partial charge in [-0.15, -0.1) is 0 Å². The van der Waals surface area contributed by atoms with Gasteiger partial charge >= 0.3 is 0 Å². The fraction of sp³-hybridized carbons (Fsp3) is 0.167. The summed E-state index contributed by atoms with van der Waals surface area (Å²) in [6.07, 6.45) is 4.36. The Bertz CT molecular complexity index is 295.